The first-order chi connectivity index (χ1) is 6.56. The quantitative estimate of drug-likeness (QED) is 0.706. The van der Waals surface area contributed by atoms with Crippen LogP contribution >= 0.6 is 0 Å². The number of hydrogen-bond acceptors (Lipinski definition) is 2. The van der Waals surface area contributed by atoms with Gasteiger partial charge < -0.3 is 10.1 Å². The number of carbonyl (C=O) groups excluding carboxylic acids is 1. The number of hydrogen-bond donors (Lipinski definition) is 1. The highest BCUT2D eigenvalue weighted by molar-refractivity contribution is 5.67. The van der Waals surface area contributed by atoms with Crippen LogP contribution in [-0.4, -0.2) is 19.2 Å². The van der Waals surface area contributed by atoms with Crippen molar-refractivity contribution >= 4 is 6.09 Å². The lowest BCUT2D eigenvalue weighted by atomic mass is 9.90. The molecule has 0 aromatic carbocycles. The zero-order valence-electron chi connectivity index (χ0n) is 9.22. The van der Waals surface area contributed by atoms with Gasteiger partial charge in [0.15, 0.2) is 0 Å². The van der Waals surface area contributed by atoms with Crippen LogP contribution < -0.4 is 5.32 Å². The van der Waals surface area contributed by atoms with Crippen molar-refractivity contribution in [2.75, 3.05) is 13.2 Å². The number of amides is 1. The van der Waals surface area contributed by atoms with Gasteiger partial charge in [0.1, 0.15) is 0 Å². The van der Waals surface area contributed by atoms with E-state index in [4.69, 9.17) is 4.74 Å². The highest BCUT2D eigenvalue weighted by Crippen LogP contribution is 2.34. The first-order valence-corrected chi connectivity index (χ1v) is 5.15. The van der Waals surface area contributed by atoms with Crippen LogP contribution in [0.1, 0.15) is 33.6 Å². The SMILES string of the molecule is CCOC(=O)NC[C@]1(C)C=C(C)CC1. The Morgan fingerprint density at radius 3 is 2.93 bits per heavy atom. The van der Waals surface area contributed by atoms with Gasteiger partial charge in [-0.1, -0.05) is 18.6 Å². The van der Waals surface area contributed by atoms with Crippen molar-refractivity contribution in [2.45, 2.75) is 33.6 Å². The summed E-state index contributed by atoms with van der Waals surface area (Å²) in [7, 11) is 0. The van der Waals surface area contributed by atoms with Crippen molar-refractivity contribution in [3.63, 3.8) is 0 Å². The van der Waals surface area contributed by atoms with E-state index in [1.54, 1.807) is 6.92 Å². The molecular weight excluding hydrogens is 178 g/mol. The molecular formula is C11H19NO2. The summed E-state index contributed by atoms with van der Waals surface area (Å²) in [6, 6.07) is 0. The summed E-state index contributed by atoms with van der Waals surface area (Å²) in [6.45, 7) is 7.20. The number of nitrogens with one attached hydrogen (secondary N) is 1. The van der Waals surface area contributed by atoms with Crippen LogP contribution in [0, 0.1) is 5.41 Å². The number of ether oxygens (including phenoxy) is 1. The van der Waals surface area contributed by atoms with Crippen LogP contribution in [0.2, 0.25) is 0 Å². The lowest BCUT2D eigenvalue weighted by Crippen LogP contribution is -2.34. The van der Waals surface area contributed by atoms with E-state index >= 15 is 0 Å². The van der Waals surface area contributed by atoms with Crippen molar-refractivity contribution < 1.29 is 9.53 Å². The fourth-order valence-electron chi connectivity index (χ4n) is 1.82. The van der Waals surface area contributed by atoms with Crippen LogP contribution in [0.3, 0.4) is 0 Å². The Balaban J connectivity index is 2.34. The molecule has 1 amide bonds. The summed E-state index contributed by atoms with van der Waals surface area (Å²) in [5, 5.41) is 2.78. The second kappa shape index (κ2) is 4.49. The molecule has 0 saturated carbocycles. The van der Waals surface area contributed by atoms with Crippen molar-refractivity contribution in [1.82, 2.24) is 5.32 Å². The summed E-state index contributed by atoms with van der Waals surface area (Å²) in [5.74, 6) is 0. The van der Waals surface area contributed by atoms with Crippen molar-refractivity contribution in [1.29, 1.82) is 0 Å². The monoisotopic (exact) mass is 197 g/mol. The third kappa shape index (κ3) is 3.05. The largest absolute Gasteiger partial charge is 0.450 e. The molecule has 1 aliphatic carbocycles. The molecule has 0 aliphatic heterocycles. The van der Waals surface area contributed by atoms with Gasteiger partial charge in [0.25, 0.3) is 0 Å². The molecule has 1 atom stereocenters. The van der Waals surface area contributed by atoms with E-state index in [9.17, 15) is 4.79 Å². The summed E-state index contributed by atoms with van der Waals surface area (Å²) in [4.78, 5) is 11.1. The average molecular weight is 197 g/mol. The molecule has 0 saturated heterocycles. The second-order valence-electron chi connectivity index (χ2n) is 4.22. The minimum Gasteiger partial charge on any atom is -0.450 e. The average Bonchev–Trinajstić information content (AvgIpc) is 2.45. The highest BCUT2D eigenvalue weighted by atomic mass is 16.5. The molecule has 0 bridgehead atoms. The van der Waals surface area contributed by atoms with Crippen LogP contribution in [0.5, 0.6) is 0 Å². The lowest BCUT2D eigenvalue weighted by Gasteiger charge is -2.21. The summed E-state index contributed by atoms with van der Waals surface area (Å²) in [5.41, 5.74) is 1.54. The Morgan fingerprint density at radius 2 is 2.43 bits per heavy atom. The number of allylic oxidation sites excluding steroid dienone is 1. The van der Waals surface area contributed by atoms with E-state index in [0.717, 1.165) is 12.8 Å². The predicted octanol–water partition coefficient (Wildman–Crippen LogP) is 2.48. The molecule has 0 aromatic rings. The number of alkyl carbamates (subject to hydrolysis) is 1. The number of carbonyl (C=O) groups is 1. The molecule has 0 unspecified atom stereocenters. The molecule has 3 nitrogen and oxygen atoms in total. The first kappa shape index (κ1) is 11.1. The van der Waals surface area contributed by atoms with Crippen molar-refractivity contribution in [3.05, 3.63) is 11.6 Å². The van der Waals surface area contributed by atoms with E-state index in [-0.39, 0.29) is 11.5 Å². The Morgan fingerprint density at radius 1 is 1.71 bits per heavy atom. The molecule has 0 fully saturated rings. The smallest absolute Gasteiger partial charge is 0.407 e. The van der Waals surface area contributed by atoms with Gasteiger partial charge in [0, 0.05) is 12.0 Å². The van der Waals surface area contributed by atoms with E-state index in [2.05, 4.69) is 25.2 Å². The fraction of sp³-hybridized carbons (Fsp3) is 0.727. The molecule has 0 aromatic heterocycles. The molecule has 14 heavy (non-hydrogen) atoms. The molecule has 1 aliphatic rings. The zero-order chi connectivity index (χ0) is 10.6. The van der Waals surface area contributed by atoms with Gasteiger partial charge >= 0.3 is 6.09 Å². The first-order valence-electron chi connectivity index (χ1n) is 5.15. The van der Waals surface area contributed by atoms with E-state index in [0.29, 0.717) is 13.2 Å². The maximum Gasteiger partial charge on any atom is 0.407 e. The Hall–Kier alpha value is -0.990. The van der Waals surface area contributed by atoms with Crippen molar-refractivity contribution in [3.8, 4) is 0 Å². The third-order valence-corrected chi connectivity index (χ3v) is 2.60. The Labute approximate surface area is 85.5 Å². The molecule has 80 valence electrons. The lowest BCUT2D eigenvalue weighted by molar-refractivity contribution is 0.148. The normalized spacial score (nSPS) is 25.8. The Bertz CT molecular complexity index is 248. The molecule has 1 N–H and O–H groups in total. The van der Waals surface area contributed by atoms with Gasteiger partial charge in [-0.15, -0.1) is 0 Å². The maximum absolute atomic E-state index is 11.1. The molecule has 0 heterocycles. The third-order valence-electron chi connectivity index (χ3n) is 2.60. The van der Waals surface area contributed by atoms with Crippen molar-refractivity contribution in [2.24, 2.45) is 5.41 Å². The minimum absolute atomic E-state index is 0.122. The van der Waals surface area contributed by atoms with Crippen LogP contribution in [0.15, 0.2) is 11.6 Å². The van der Waals surface area contributed by atoms with Crippen LogP contribution in [0.4, 0.5) is 4.79 Å². The maximum atomic E-state index is 11.1. The van der Waals surface area contributed by atoms with Gasteiger partial charge in [-0.25, -0.2) is 4.79 Å². The molecule has 1 rings (SSSR count). The highest BCUT2D eigenvalue weighted by Gasteiger charge is 2.26. The zero-order valence-corrected chi connectivity index (χ0v) is 9.22. The van der Waals surface area contributed by atoms with Crippen LogP contribution in [-0.2, 0) is 4.74 Å². The van der Waals surface area contributed by atoms with E-state index in [1.165, 1.54) is 5.57 Å². The van der Waals surface area contributed by atoms with E-state index < -0.39 is 0 Å². The fourth-order valence-corrected chi connectivity index (χ4v) is 1.82. The van der Waals surface area contributed by atoms with Gasteiger partial charge in [0.2, 0.25) is 0 Å². The summed E-state index contributed by atoms with van der Waals surface area (Å²) < 4.78 is 4.80. The minimum atomic E-state index is -0.313. The summed E-state index contributed by atoms with van der Waals surface area (Å²) >= 11 is 0. The summed E-state index contributed by atoms with van der Waals surface area (Å²) in [6.07, 6.45) is 4.19. The standard InChI is InChI=1S/C11H19NO2/c1-4-14-10(13)12-8-11(3)6-5-9(2)7-11/h7H,4-6,8H2,1-3H3,(H,12,13)/t11-/m0/s1. The molecule has 0 radical (unpaired) electrons. The van der Waals surface area contributed by atoms with Gasteiger partial charge in [-0.3, -0.25) is 0 Å². The second-order valence-corrected chi connectivity index (χ2v) is 4.22. The van der Waals surface area contributed by atoms with E-state index in [1.807, 2.05) is 0 Å². The van der Waals surface area contributed by atoms with Gasteiger partial charge in [-0.05, 0) is 26.7 Å². The number of rotatable bonds is 3. The van der Waals surface area contributed by atoms with Gasteiger partial charge in [-0.2, -0.15) is 0 Å². The topological polar surface area (TPSA) is 38.3 Å². The van der Waals surface area contributed by atoms with Crippen LogP contribution in [0.25, 0.3) is 0 Å². The predicted molar refractivity (Wildman–Crippen MR) is 56.1 cm³/mol. The Kier molecular flexibility index (Phi) is 3.55. The molecule has 3 heteroatoms. The van der Waals surface area contributed by atoms with Gasteiger partial charge in [0.05, 0.1) is 6.61 Å². The molecule has 0 spiro atoms.